The molecule has 128 valence electrons. The Labute approximate surface area is 145 Å². The molecule has 3 aliphatic heterocycles. The minimum atomic E-state index is -0.910. The van der Waals surface area contributed by atoms with Crippen molar-refractivity contribution in [2.75, 3.05) is 12.3 Å². The quantitative estimate of drug-likeness (QED) is 0.364. The van der Waals surface area contributed by atoms with E-state index in [2.05, 4.69) is 27.7 Å². The summed E-state index contributed by atoms with van der Waals surface area (Å²) in [4.78, 5) is 0.676. The van der Waals surface area contributed by atoms with Crippen LogP contribution in [0.25, 0.3) is 0 Å². The van der Waals surface area contributed by atoms with Gasteiger partial charge in [-0.15, -0.1) is 0 Å². The third-order valence-electron chi connectivity index (χ3n) is 7.94. The van der Waals surface area contributed by atoms with Crippen molar-refractivity contribution in [3.05, 3.63) is 0 Å². The number of rotatable bonds is 4. The molecular formula is C19H37ClP2+2. The molecule has 0 unspecified atom stereocenters. The molecule has 3 rings (SSSR count). The van der Waals surface area contributed by atoms with Crippen LogP contribution in [-0.4, -0.2) is 39.8 Å². The number of halogens is 1. The van der Waals surface area contributed by atoms with Gasteiger partial charge in [-0.25, -0.2) is 0 Å². The lowest BCUT2D eigenvalue weighted by molar-refractivity contribution is 0.696. The predicted molar refractivity (Wildman–Crippen MR) is 108 cm³/mol. The standard InChI is InChI=1S/C19H37ClP2/c1-5-15-9-10-16(6-2)21(15)13-14-22(19(21)20)17(7-3)11-12-18(22)8-4/h15-19H,5-14H2,1-4H3/q+2/t15-,16-,17-,18-/m1/s1. The first-order valence-electron chi connectivity index (χ1n) is 9.99. The Morgan fingerprint density at radius 2 is 0.909 bits per heavy atom. The lowest BCUT2D eigenvalue weighted by atomic mass is 10.1. The van der Waals surface area contributed by atoms with E-state index in [4.69, 9.17) is 11.6 Å². The van der Waals surface area contributed by atoms with E-state index in [0.717, 1.165) is 22.6 Å². The van der Waals surface area contributed by atoms with Gasteiger partial charge in [-0.05, 0) is 63.0 Å². The zero-order valence-electron chi connectivity index (χ0n) is 15.2. The maximum absolute atomic E-state index is 7.63. The predicted octanol–water partition coefficient (Wildman–Crippen LogP) is 7.26. The second-order valence-electron chi connectivity index (χ2n) is 8.15. The molecule has 0 aromatic rings. The Bertz CT molecular complexity index is 337. The summed E-state index contributed by atoms with van der Waals surface area (Å²) in [7, 11) is -1.82. The maximum Gasteiger partial charge on any atom is 0.241 e. The van der Waals surface area contributed by atoms with E-state index in [1.807, 2.05) is 0 Å². The fourth-order valence-electron chi connectivity index (χ4n) is 6.89. The van der Waals surface area contributed by atoms with Crippen molar-refractivity contribution in [1.29, 1.82) is 0 Å². The fraction of sp³-hybridized carbons (Fsp3) is 1.00. The van der Waals surface area contributed by atoms with Crippen molar-refractivity contribution < 1.29 is 0 Å². The first-order chi connectivity index (χ1) is 10.6. The topological polar surface area (TPSA) is 0 Å². The summed E-state index contributed by atoms with van der Waals surface area (Å²) in [6.45, 7) is 9.84. The van der Waals surface area contributed by atoms with E-state index in [1.165, 1.54) is 51.4 Å². The first kappa shape index (κ1) is 18.0. The largest absolute Gasteiger partial charge is 0.241 e. The molecule has 0 aromatic carbocycles. The molecule has 0 radical (unpaired) electrons. The van der Waals surface area contributed by atoms with E-state index in [9.17, 15) is 0 Å². The van der Waals surface area contributed by atoms with Gasteiger partial charge in [0.25, 0.3) is 0 Å². The molecular weight excluding hydrogens is 326 g/mol. The van der Waals surface area contributed by atoms with E-state index in [0.29, 0.717) is 4.86 Å². The maximum atomic E-state index is 7.63. The van der Waals surface area contributed by atoms with Gasteiger partial charge in [0, 0.05) is 0 Å². The highest BCUT2D eigenvalue weighted by Crippen LogP contribution is 2.97. The van der Waals surface area contributed by atoms with Crippen LogP contribution in [0.2, 0.25) is 0 Å². The lowest BCUT2D eigenvalue weighted by Gasteiger charge is -2.36. The molecule has 0 amide bonds. The van der Waals surface area contributed by atoms with Gasteiger partial charge in [0.05, 0.1) is 49.5 Å². The van der Waals surface area contributed by atoms with Crippen LogP contribution in [0.1, 0.15) is 79.1 Å². The van der Waals surface area contributed by atoms with Crippen LogP contribution in [0.4, 0.5) is 0 Å². The average molecular weight is 363 g/mol. The number of hydrogen-bond acceptors (Lipinski definition) is 0. The van der Waals surface area contributed by atoms with Gasteiger partial charge >= 0.3 is 0 Å². The summed E-state index contributed by atoms with van der Waals surface area (Å²) >= 11 is 7.63. The molecule has 3 aliphatic rings. The Morgan fingerprint density at radius 3 is 1.14 bits per heavy atom. The summed E-state index contributed by atoms with van der Waals surface area (Å²) in [5.74, 6) is 0. The van der Waals surface area contributed by atoms with Crippen molar-refractivity contribution in [3.8, 4) is 0 Å². The van der Waals surface area contributed by atoms with Crippen LogP contribution in [0.5, 0.6) is 0 Å². The highest BCUT2D eigenvalue weighted by Gasteiger charge is 2.78. The molecule has 3 heteroatoms. The van der Waals surface area contributed by atoms with Crippen molar-refractivity contribution in [1.82, 2.24) is 0 Å². The summed E-state index contributed by atoms with van der Waals surface area (Å²) in [6.07, 6.45) is 14.9. The summed E-state index contributed by atoms with van der Waals surface area (Å²) in [5, 5.41) is 0. The van der Waals surface area contributed by atoms with Gasteiger partial charge in [-0.1, -0.05) is 27.7 Å². The lowest BCUT2D eigenvalue weighted by Crippen LogP contribution is -2.25. The zero-order chi connectivity index (χ0) is 16.0. The number of alkyl halides is 1. The molecule has 0 nitrogen and oxygen atoms in total. The molecule has 2 spiro atoms. The van der Waals surface area contributed by atoms with Crippen molar-refractivity contribution in [2.45, 2.75) is 107 Å². The van der Waals surface area contributed by atoms with Crippen molar-refractivity contribution in [3.63, 3.8) is 0 Å². The zero-order valence-corrected chi connectivity index (χ0v) is 17.8. The van der Waals surface area contributed by atoms with Crippen LogP contribution >= 0.6 is 26.1 Å². The molecule has 0 aliphatic carbocycles. The van der Waals surface area contributed by atoms with Crippen LogP contribution in [0.3, 0.4) is 0 Å². The molecule has 0 N–H and O–H groups in total. The Hall–Kier alpha value is 1.15. The van der Waals surface area contributed by atoms with Gasteiger partial charge in [-0.3, -0.25) is 0 Å². The monoisotopic (exact) mass is 362 g/mol. The Balaban J connectivity index is 2.00. The molecule has 4 atom stereocenters. The smallest absolute Gasteiger partial charge is 0.0616 e. The minimum absolute atomic E-state index is 0.676. The second kappa shape index (κ2) is 6.81. The van der Waals surface area contributed by atoms with Gasteiger partial charge in [0.2, 0.25) is 4.86 Å². The van der Waals surface area contributed by atoms with Crippen LogP contribution in [0.15, 0.2) is 0 Å². The van der Waals surface area contributed by atoms with E-state index in [-0.39, 0.29) is 0 Å². The van der Waals surface area contributed by atoms with Gasteiger partial charge in [-0.2, -0.15) is 0 Å². The van der Waals surface area contributed by atoms with Crippen LogP contribution < -0.4 is 0 Å². The summed E-state index contributed by atoms with van der Waals surface area (Å²) < 4.78 is 0. The summed E-state index contributed by atoms with van der Waals surface area (Å²) in [5.41, 5.74) is 4.15. The third kappa shape index (κ3) is 2.22. The van der Waals surface area contributed by atoms with E-state index >= 15 is 0 Å². The van der Waals surface area contributed by atoms with Gasteiger partial charge in [0.15, 0.2) is 0 Å². The van der Waals surface area contributed by atoms with Gasteiger partial charge in [0.1, 0.15) is 0 Å². The Morgan fingerprint density at radius 1 is 0.636 bits per heavy atom. The highest BCUT2D eigenvalue weighted by atomic mass is 35.5. The Kier molecular flexibility index (Phi) is 5.56. The van der Waals surface area contributed by atoms with Crippen molar-refractivity contribution in [2.24, 2.45) is 0 Å². The second-order valence-corrected chi connectivity index (χ2v) is 18.4. The van der Waals surface area contributed by atoms with Gasteiger partial charge < -0.3 is 0 Å². The highest BCUT2D eigenvalue weighted by molar-refractivity contribution is 7.99. The molecule has 3 saturated heterocycles. The molecule has 0 aromatic heterocycles. The fourth-order valence-corrected chi connectivity index (χ4v) is 28.0. The SMILES string of the molecule is CC[C@@H]1CC[C@@H](CC)[P+]12CC[P+]1(C2Cl)[C@H](CC)CC[C@H]1CC. The normalized spacial score (nSPS) is 40.2. The molecule has 0 saturated carbocycles. The van der Waals surface area contributed by atoms with E-state index in [1.54, 1.807) is 12.3 Å². The number of hydrogen-bond donors (Lipinski definition) is 0. The molecule has 22 heavy (non-hydrogen) atoms. The molecule has 3 heterocycles. The first-order valence-corrected chi connectivity index (χ1v) is 14.8. The summed E-state index contributed by atoms with van der Waals surface area (Å²) in [6, 6.07) is 0. The van der Waals surface area contributed by atoms with E-state index < -0.39 is 14.5 Å². The molecule has 0 bridgehead atoms. The van der Waals surface area contributed by atoms with Crippen molar-refractivity contribution >= 4 is 26.1 Å². The van der Waals surface area contributed by atoms with Crippen LogP contribution in [0, 0.1) is 0 Å². The van der Waals surface area contributed by atoms with Crippen LogP contribution in [-0.2, 0) is 0 Å². The third-order valence-corrected chi connectivity index (χ3v) is 24.6. The molecule has 3 fully saturated rings. The average Bonchev–Trinajstić information content (AvgIpc) is 3.18. The minimum Gasteiger partial charge on any atom is -0.0616 e.